The lowest BCUT2D eigenvalue weighted by molar-refractivity contribution is 0.378. The topological polar surface area (TPSA) is 58.4 Å². The molecule has 0 saturated carbocycles. The number of hydrogen-bond donors (Lipinski definition) is 1. The van der Waals surface area contributed by atoms with Gasteiger partial charge in [-0.3, -0.25) is 4.79 Å². The molecule has 0 amide bonds. The van der Waals surface area contributed by atoms with E-state index in [4.69, 9.17) is 0 Å². The van der Waals surface area contributed by atoms with Crippen molar-refractivity contribution in [1.82, 2.24) is 14.7 Å². The Morgan fingerprint density at radius 2 is 1.77 bits per heavy atom. The first-order valence-electron chi connectivity index (χ1n) is 8.65. The van der Waals surface area contributed by atoms with Crippen LogP contribution in [0.4, 0.5) is 0 Å². The van der Waals surface area contributed by atoms with Gasteiger partial charge >= 0.3 is 0 Å². The van der Waals surface area contributed by atoms with Gasteiger partial charge in [0.15, 0.2) is 0 Å². The molecule has 0 aliphatic heterocycles. The third kappa shape index (κ3) is 4.37. The van der Waals surface area contributed by atoms with Crippen molar-refractivity contribution in [2.75, 3.05) is 20.6 Å². The van der Waals surface area contributed by atoms with Crippen LogP contribution in [0.15, 0.2) is 53.5 Å². The molecule has 0 atom stereocenters. The highest BCUT2D eigenvalue weighted by molar-refractivity contribution is 5.84. The second-order valence-corrected chi connectivity index (χ2v) is 6.60. The van der Waals surface area contributed by atoms with E-state index in [0.29, 0.717) is 11.9 Å². The van der Waals surface area contributed by atoms with Gasteiger partial charge in [-0.2, -0.15) is 5.10 Å². The van der Waals surface area contributed by atoms with E-state index in [9.17, 15) is 9.90 Å². The monoisotopic (exact) mass is 349 g/mol. The highest BCUT2D eigenvalue weighted by Gasteiger charge is 2.05. The molecule has 134 valence electrons. The quantitative estimate of drug-likeness (QED) is 0.694. The van der Waals surface area contributed by atoms with E-state index < -0.39 is 0 Å². The van der Waals surface area contributed by atoms with Crippen molar-refractivity contribution in [3.63, 3.8) is 0 Å². The number of phenols is 1. The molecule has 0 unspecified atom stereocenters. The van der Waals surface area contributed by atoms with Gasteiger partial charge in [0.05, 0.1) is 11.6 Å². The summed E-state index contributed by atoms with van der Waals surface area (Å²) < 4.78 is 1.54. The first-order valence-corrected chi connectivity index (χ1v) is 8.65. The Kier molecular flexibility index (Phi) is 5.49. The summed E-state index contributed by atoms with van der Waals surface area (Å²) >= 11 is 0. The minimum atomic E-state index is -0.0545. The summed E-state index contributed by atoms with van der Waals surface area (Å²) in [6, 6.07) is 12.8. The van der Waals surface area contributed by atoms with Crippen LogP contribution < -0.4 is 5.56 Å². The van der Waals surface area contributed by atoms with Crippen LogP contribution in [-0.4, -0.2) is 40.4 Å². The molecule has 0 aliphatic rings. The third-order valence-electron chi connectivity index (χ3n) is 4.21. The normalized spacial score (nSPS) is 11.7. The van der Waals surface area contributed by atoms with Gasteiger partial charge in [0.25, 0.3) is 5.56 Å². The average molecular weight is 349 g/mol. The first-order chi connectivity index (χ1) is 12.5. The summed E-state index contributed by atoms with van der Waals surface area (Å²) in [6.45, 7) is 1.53. The zero-order chi connectivity index (χ0) is 18.5. The Balaban J connectivity index is 1.85. The Hall–Kier alpha value is -2.92. The van der Waals surface area contributed by atoms with E-state index in [2.05, 4.69) is 10.00 Å². The Bertz CT molecular complexity index is 973. The number of aromatic nitrogens is 2. The highest BCUT2D eigenvalue weighted by Crippen LogP contribution is 2.16. The van der Waals surface area contributed by atoms with Gasteiger partial charge in [0, 0.05) is 11.9 Å². The number of hydrogen-bond acceptors (Lipinski definition) is 4. The maximum absolute atomic E-state index is 12.7. The molecule has 3 aromatic rings. The SMILES string of the molecule is CN(C)CCCn1ncc2ccc(C=Cc3ccc(O)cc3)cc2c1=O. The van der Waals surface area contributed by atoms with Gasteiger partial charge in [-0.25, -0.2) is 4.68 Å². The predicted molar refractivity (Wildman–Crippen MR) is 106 cm³/mol. The molecule has 5 heteroatoms. The zero-order valence-electron chi connectivity index (χ0n) is 15.1. The van der Waals surface area contributed by atoms with Crippen LogP contribution in [0.5, 0.6) is 5.75 Å². The predicted octanol–water partition coefficient (Wildman–Crippen LogP) is 3.22. The fourth-order valence-electron chi connectivity index (χ4n) is 2.77. The lowest BCUT2D eigenvalue weighted by Gasteiger charge is -2.10. The molecule has 1 heterocycles. The molecular formula is C21H23N3O2. The number of aryl methyl sites for hydroxylation is 1. The molecule has 1 aromatic heterocycles. The van der Waals surface area contributed by atoms with Crippen LogP contribution in [0.3, 0.4) is 0 Å². The molecule has 0 fully saturated rings. The maximum atomic E-state index is 12.7. The number of rotatable bonds is 6. The summed E-state index contributed by atoms with van der Waals surface area (Å²) in [5.41, 5.74) is 1.88. The Labute approximate surface area is 152 Å². The number of aromatic hydroxyl groups is 1. The Morgan fingerprint density at radius 1 is 1.08 bits per heavy atom. The van der Waals surface area contributed by atoms with Gasteiger partial charge in [-0.1, -0.05) is 36.4 Å². The minimum Gasteiger partial charge on any atom is -0.508 e. The first kappa shape index (κ1) is 17.9. The van der Waals surface area contributed by atoms with Crippen molar-refractivity contribution in [1.29, 1.82) is 0 Å². The molecule has 0 radical (unpaired) electrons. The molecular weight excluding hydrogens is 326 g/mol. The standard InChI is InChI=1S/C21H23N3O2/c1-23(2)12-3-13-24-21(26)20-14-17(6-9-18(20)15-22-24)5-4-16-7-10-19(25)11-8-16/h4-11,14-15,25H,3,12-13H2,1-2H3. The van der Waals surface area contributed by atoms with Gasteiger partial charge in [-0.15, -0.1) is 0 Å². The van der Waals surface area contributed by atoms with Crippen LogP contribution >= 0.6 is 0 Å². The molecule has 0 spiro atoms. The van der Waals surface area contributed by atoms with E-state index in [-0.39, 0.29) is 11.3 Å². The minimum absolute atomic E-state index is 0.0545. The van der Waals surface area contributed by atoms with Crippen molar-refractivity contribution in [3.8, 4) is 5.75 Å². The van der Waals surface area contributed by atoms with Crippen molar-refractivity contribution < 1.29 is 5.11 Å². The number of fused-ring (bicyclic) bond motifs is 1. The Morgan fingerprint density at radius 3 is 2.50 bits per heavy atom. The highest BCUT2D eigenvalue weighted by atomic mass is 16.3. The van der Waals surface area contributed by atoms with Crippen molar-refractivity contribution in [2.45, 2.75) is 13.0 Å². The van der Waals surface area contributed by atoms with Crippen LogP contribution in [-0.2, 0) is 6.54 Å². The molecule has 1 N–H and O–H groups in total. The van der Waals surface area contributed by atoms with Crippen LogP contribution in [0.2, 0.25) is 0 Å². The van der Waals surface area contributed by atoms with E-state index in [0.717, 1.165) is 29.5 Å². The summed E-state index contributed by atoms with van der Waals surface area (Å²) in [6.07, 6.45) is 6.55. The van der Waals surface area contributed by atoms with E-state index in [1.54, 1.807) is 23.0 Å². The largest absolute Gasteiger partial charge is 0.508 e. The van der Waals surface area contributed by atoms with Crippen LogP contribution in [0.25, 0.3) is 22.9 Å². The second kappa shape index (κ2) is 7.97. The molecule has 0 bridgehead atoms. The van der Waals surface area contributed by atoms with Crippen molar-refractivity contribution >= 4 is 22.9 Å². The van der Waals surface area contributed by atoms with Gasteiger partial charge < -0.3 is 10.0 Å². The average Bonchev–Trinajstić information content (AvgIpc) is 2.63. The van der Waals surface area contributed by atoms with Crippen LogP contribution in [0.1, 0.15) is 17.5 Å². The molecule has 0 saturated heterocycles. The van der Waals surface area contributed by atoms with E-state index in [1.165, 1.54) is 0 Å². The summed E-state index contributed by atoms with van der Waals surface area (Å²) in [5.74, 6) is 0.246. The van der Waals surface area contributed by atoms with Gasteiger partial charge in [0.2, 0.25) is 0 Å². The number of phenolic OH excluding ortho intramolecular Hbond substituents is 1. The summed E-state index contributed by atoms with van der Waals surface area (Å²) in [7, 11) is 4.03. The molecule has 5 nitrogen and oxygen atoms in total. The second-order valence-electron chi connectivity index (χ2n) is 6.60. The molecule has 2 aromatic carbocycles. The van der Waals surface area contributed by atoms with E-state index in [1.807, 2.05) is 56.6 Å². The number of nitrogens with zero attached hydrogens (tertiary/aromatic N) is 3. The zero-order valence-corrected chi connectivity index (χ0v) is 15.1. The van der Waals surface area contributed by atoms with Gasteiger partial charge in [0.1, 0.15) is 5.75 Å². The summed E-state index contributed by atoms with van der Waals surface area (Å²) in [5, 5.41) is 15.1. The van der Waals surface area contributed by atoms with E-state index >= 15 is 0 Å². The lowest BCUT2D eigenvalue weighted by Crippen LogP contribution is -2.25. The van der Waals surface area contributed by atoms with Crippen LogP contribution in [0, 0.1) is 0 Å². The fourth-order valence-corrected chi connectivity index (χ4v) is 2.77. The molecule has 0 aliphatic carbocycles. The van der Waals surface area contributed by atoms with Crippen molar-refractivity contribution in [3.05, 3.63) is 70.1 Å². The number of benzene rings is 2. The molecule has 26 heavy (non-hydrogen) atoms. The summed E-state index contributed by atoms with van der Waals surface area (Å²) in [4.78, 5) is 14.8. The van der Waals surface area contributed by atoms with Gasteiger partial charge in [-0.05, 0) is 56.4 Å². The van der Waals surface area contributed by atoms with Crippen molar-refractivity contribution in [2.24, 2.45) is 0 Å². The lowest BCUT2D eigenvalue weighted by atomic mass is 10.1. The third-order valence-corrected chi connectivity index (χ3v) is 4.21. The smallest absolute Gasteiger partial charge is 0.274 e. The maximum Gasteiger partial charge on any atom is 0.274 e. The fraction of sp³-hybridized carbons (Fsp3) is 0.238. The molecule has 3 rings (SSSR count).